The lowest BCUT2D eigenvalue weighted by Crippen LogP contribution is -2.27. The Hall–Kier alpha value is -3.16. The van der Waals surface area contributed by atoms with Gasteiger partial charge in [-0.2, -0.15) is 5.26 Å². The van der Waals surface area contributed by atoms with Crippen LogP contribution in [0.5, 0.6) is 0 Å². The highest BCUT2D eigenvalue weighted by Crippen LogP contribution is 2.24. The van der Waals surface area contributed by atoms with Gasteiger partial charge in [0.05, 0.1) is 11.6 Å². The smallest absolute Gasteiger partial charge is 0.262 e. The lowest BCUT2D eigenvalue weighted by atomic mass is 10.1. The first kappa shape index (κ1) is 18.6. The summed E-state index contributed by atoms with van der Waals surface area (Å²) in [6.07, 6.45) is 1.47. The van der Waals surface area contributed by atoms with Crippen molar-refractivity contribution < 1.29 is 4.79 Å². The summed E-state index contributed by atoms with van der Waals surface area (Å²) in [4.78, 5) is 16.9. The minimum absolute atomic E-state index is 0.0204. The molecule has 0 aliphatic heterocycles. The van der Waals surface area contributed by atoms with Gasteiger partial charge in [0, 0.05) is 10.9 Å². The summed E-state index contributed by atoms with van der Waals surface area (Å²) < 4.78 is 0. The summed E-state index contributed by atoms with van der Waals surface area (Å²) in [5.41, 5.74) is 3.34. The van der Waals surface area contributed by atoms with E-state index in [4.69, 9.17) is 11.6 Å². The zero-order chi connectivity index (χ0) is 19.4. The van der Waals surface area contributed by atoms with Crippen LogP contribution in [0, 0.1) is 18.3 Å². The van der Waals surface area contributed by atoms with E-state index in [1.807, 2.05) is 74.5 Å². The van der Waals surface area contributed by atoms with Gasteiger partial charge in [0.15, 0.2) is 0 Å². The fourth-order valence-electron chi connectivity index (χ4n) is 2.77. The van der Waals surface area contributed by atoms with Crippen molar-refractivity contribution >= 4 is 34.5 Å². The van der Waals surface area contributed by atoms with Crippen LogP contribution in [0.15, 0.2) is 60.2 Å². The Balaban J connectivity index is 1.88. The van der Waals surface area contributed by atoms with E-state index in [0.717, 1.165) is 22.0 Å². The van der Waals surface area contributed by atoms with Crippen molar-refractivity contribution in [2.45, 2.75) is 19.9 Å². The quantitative estimate of drug-likeness (QED) is 0.397. The normalized spacial score (nSPS) is 12.4. The van der Waals surface area contributed by atoms with Crippen LogP contribution in [-0.2, 0) is 4.79 Å². The van der Waals surface area contributed by atoms with Gasteiger partial charge in [0.2, 0.25) is 0 Å². The Labute approximate surface area is 163 Å². The molecule has 27 heavy (non-hydrogen) atoms. The third-order valence-corrected chi connectivity index (χ3v) is 4.57. The van der Waals surface area contributed by atoms with Crippen LogP contribution in [0.4, 0.5) is 0 Å². The maximum Gasteiger partial charge on any atom is 0.262 e. The van der Waals surface area contributed by atoms with Crippen molar-refractivity contribution in [3.8, 4) is 6.07 Å². The molecule has 3 aromatic rings. The lowest BCUT2D eigenvalue weighted by molar-refractivity contribution is -0.117. The lowest BCUT2D eigenvalue weighted by Gasteiger charge is -2.13. The minimum atomic E-state index is -0.450. The maximum absolute atomic E-state index is 12.5. The summed E-state index contributed by atoms with van der Waals surface area (Å²) in [7, 11) is 0. The highest BCUT2D eigenvalue weighted by molar-refractivity contribution is 6.31. The summed E-state index contributed by atoms with van der Waals surface area (Å²) >= 11 is 6.27. The average Bonchev–Trinajstić information content (AvgIpc) is 2.66. The first-order chi connectivity index (χ1) is 13.0. The van der Waals surface area contributed by atoms with E-state index in [-0.39, 0.29) is 16.8 Å². The third-order valence-electron chi connectivity index (χ3n) is 4.27. The zero-order valence-corrected chi connectivity index (χ0v) is 15.8. The maximum atomic E-state index is 12.5. The first-order valence-corrected chi connectivity index (χ1v) is 8.90. The largest absolute Gasteiger partial charge is 0.345 e. The van der Waals surface area contributed by atoms with Crippen LogP contribution in [0.2, 0.25) is 5.15 Å². The molecule has 0 saturated carbocycles. The molecule has 0 spiro atoms. The number of hydrogen-bond acceptors (Lipinski definition) is 3. The predicted octanol–water partition coefficient (Wildman–Crippen LogP) is 4.98. The van der Waals surface area contributed by atoms with Gasteiger partial charge in [-0.05, 0) is 43.2 Å². The molecule has 0 radical (unpaired) electrons. The molecule has 2 aromatic carbocycles. The highest BCUT2D eigenvalue weighted by Gasteiger charge is 2.15. The summed E-state index contributed by atoms with van der Waals surface area (Å²) in [6.45, 7) is 3.85. The molecule has 0 bridgehead atoms. The van der Waals surface area contributed by atoms with Gasteiger partial charge in [-0.15, -0.1) is 0 Å². The van der Waals surface area contributed by atoms with E-state index >= 15 is 0 Å². The molecule has 0 aliphatic rings. The molecule has 0 saturated heterocycles. The molecule has 1 N–H and O–H groups in total. The summed E-state index contributed by atoms with van der Waals surface area (Å²) in [6, 6.07) is 19.0. The van der Waals surface area contributed by atoms with Crippen LogP contribution in [-0.4, -0.2) is 10.9 Å². The van der Waals surface area contributed by atoms with Crippen molar-refractivity contribution in [1.29, 1.82) is 5.26 Å². The molecule has 5 heteroatoms. The molecule has 1 aromatic heterocycles. The van der Waals surface area contributed by atoms with E-state index in [1.165, 1.54) is 6.08 Å². The second kappa shape index (κ2) is 8.03. The number of halogens is 1. The van der Waals surface area contributed by atoms with Gasteiger partial charge in [-0.1, -0.05) is 54.1 Å². The molecule has 4 nitrogen and oxygen atoms in total. The Morgan fingerprint density at radius 3 is 2.67 bits per heavy atom. The van der Waals surface area contributed by atoms with Crippen LogP contribution in [0.25, 0.3) is 17.0 Å². The Kier molecular flexibility index (Phi) is 5.54. The minimum Gasteiger partial charge on any atom is -0.345 e. The van der Waals surface area contributed by atoms with Crippen LogP contribution < -0.4 is 5.32 Å². The molecule has 1 amide bonds. The molecular weight excluding hydrogens is 358 g/mol. The standard InChI is InChI=1S/C22H18ClN3O/c1-14-8-9-17-11-18(21(23)26-20(17)10-14)12-19(13-24)22(27)25-15(2)16-6-4-3-5-7-16/h3-12,15H,1-2H3,(H,25,27)/b19-12+/t15-/m0/s1. The third kappa shape index (κ3) is 4.33. The van der Waals surface area contributed by atoms with Gasteiger partial charge in [0.1, 0.15) is 16.8 Å². The van der Waals surface area contributed by atoms with E-state index in [0.29, 0.717) is 5.56 Å². The first-order valence-electron chi connectivity index (χ1n) is 8.52. The molecule has 0 aliphatic carbocycles. The Bertz CT molecular complexity index is 1070. The number of rotatable bonds is 4. The number of nitriles is 1. The van der Waals surface area contributed by atoms with Gasteiger partial charge >= 0.3 is 0 Å². The van der Waals surface area contributed by atoms with E-state index < -0.39 is 5.91 Å². The second-order valence-electron chi connectivity index (χ2n) is 6.34. The van der Waals surface area contributed by atoms with Crippen molar-refractivity contribution in [2.75, 3.05) is 0 Å². The zero-order valence-electron chi connectivity index (χ0n) is 15.0. The highest BCUT2D eigenvalue weighted by atomic mass is 35.5. The average molecular weight is 376 g/mol. The van der Waals surface area contributed by atoms with Crippen molar-refractivity contribution in [2.24, 2.45) is 0 Å². The topological polar surface area (TPSA) is 65.8 Å². The molecular formula is C22H18ClN3O. The number of aromatic nitrogens is 1. The number of carbonyl (C=O) groups is 1. The Morgan fingerprint density at radius 1 is 1.22 bits per heavy atom. The number of aryl methyl sites for hydroxylation is 1. The summed E-state index contributed by atoms with van der Waals surface area (Å²) in [5, 5.41) is 13.4. The van der Waals surface area contributed by atoms with E-state index in [2.05, 4.69) is 10.3 Å². The van der Waals surface area contributed by atoms with E-state index in [9.17, 15) is 10.1 Å². The predicted molar refractivity (Wildman–Crippen MR) is 108 cm³/mol. The molecule has 0 fully saturated rings. The summed E-state index contributed by atoms with van der Waals surface area (Å²) in [5.74, 6) is -0.450. The Morgan fingerprint density at radius 2 is 1.96 bits per heavy atom. The number of hydrogen-bond donors (Lipinski definition) is 1. The van der Waals surface area contributed by atoms with E-state index in [1.54, 1.807) is 0 Å². The fourth-order valence-corrected chi connectivity index (χ4v) is 2.97. The monoisotopic (exact) mass is 375 g/mol. The second-order valence-corrected chi connectivity index (χ2v) is 6.70. The van der Waals surface area contributed by atoms with Gasteiger partial charge < -0.3 is 5.32 Å². The molecule has 0 unspecified atom stereocenters. The van der Waals surface area contributed by atoms with Crippen molar-refractivity contribution in [1.82, 2.24) is 10.3 Å². The number of nitrogens with zero attached hydrogens (tertiary/aromatic N) is 2. The number of nitrogens with one attached hydrogen (secondary N) is 1. The molecule has 3 rings (SSSR count). The fraction of sp³-hybridized carbons (Fsp3) is 0.136. The number of pyridine rings is 1. The van der Waals surface area contributed by atoms with Crippen molar-refractivity contribution in [3.05, 3.63) is 82.0 Å². The number of amides is 1. The number of fused-ring (bicyclic) bond motifs is 1. The van der Waals surface area contributed by atoms with Gasteiger partial charge in [0.25, 0.3) is 5.91 Å². The number of benzene rings is 2. The molecule has 1 atom stereocenters. The molecule has 1 heterocycles. The van der Waals surface area contributed by atoms with Crippen molar-refractivity contribution in [3.63, 3.8) is 0 Å². The van der Waals surface area contributed by atoms with Gasteiger partial charge in [-0.25, -0.2) is 4.98 Å². The van der Waals surface area contributed by atoms with Crippen LogP contribution in [0.3, 0.4) is 0 Å². The van der Waals surface area contributed by atoms with Gasteiger partial charge in [-0.3, -0.25) is 4.79 Å². The SMILES string of the molecule is Cc1ccc2cc(/C=C(\C#N)C(=O)N[C@@H](C)c3ccccc3)c(Cl)nc2c1. The van der Waals surface area contributed by atoms with Crippen LogP contribution in [0.1, 0.15) is 29.7 Å². The van der Waals surface area contributed by atoms with Crippen LogP contribution >= 0.6 is 11.6 Å². The molecule has 134 valence electrons. The number of carbonyl (C=O) groups excluding carboxylic acids is 1.